The molecule has 0 fully saturated rings. The number of nitrogens with one attached hydrogen (secondary N) is 2. The quantitative estimate of drug-likeness (QED) is 0.809. The SMILES string of the molecule is CCc1cccc(C)c1NC(=O)c1sc(NC)nc1N. The number of carbonyl (C=O) groups is 1. The van der Waals surface area contributed by atoms with Gasteiger partial charge in [-0.05, 0) is 24.5 Å². The number of carbonyl (C=O) groups excluding carboxylic acids is 1. The summed E-state index contributed by atoms with van der Waals surface area (Å²) in [6.45, 7) is 4.04. The smallest absolute Gasteiger partial charge is 0.269 e. The molecule has 4 N–H and O–H groups in total. The molecule has 0 aliphatic heterocycles. The van der Waals surface area contributed by atoms with Gasteiger partial charge in [0.25, 0.3) is 5.91 Å². The summed E-state index contributed by atoms with van der Waals surface area (Å²) in [4.78, 5) is 16.8. The van der Waals surface area contributed by atoms with Crippen molar-refractivity contribution >= 4 is 33.9 Å². The van der Waals surface area contributed by atoms with E-state index in [4.69, 9.17) is 5.73 Å². The highest BCUT2D eigenvalue weighted by Gasteiger charge is 2.17. The van der Waals surface area contributed by atoms with E-state index >= 15 is 0 Å². The molecule has 0 unspecified atom stereocenters. The lowest BCUT2D eigenvalue weighted by Gasteiger charge is -2.12. The number of hydrogen-bond donors (Lipinski definition) is 3. The number of anilines is 3. The Balaban J connectivity index is 2.30. The Hall–Kier alpha value is -2.08. The first kappa shape index (κ1) is 14.3. The zero-order valence-corrected chi connectivity index (χ0v) is 12.6. The van der Waals surface area contributed by atoms with E-state index in [2.05, 4.69) is 22.5 Å². The number of para-hydroxylation sites is 1. The summed E-state index contributed by atoms with van der Waals surface area (Å²) in [5.74, 6) is 0.0361. The van der Waals surface area contributed by atoms with Crippen LogP contribution in [0.1, 0.15) is 27.7 Å². The van der Waals surface area contributed by atoms with E-state index in [0.29, 0.717) is 10.0 Å². The van der Waals surface area contributed by atoms with Crippen molar-refractivity contribution < 1.29 is 4.79 Å². The molecule has 0 atom stereocenters. The second kappa shape index (κ2) is 5.92. The number of hydrogen-bond acceptors (Lipinski definition) is 5. The second-order valence-electron chi connectivity index (χ2n) is 4.40. The van der Waals surface area contributed by atoms with Crippen molar-refractivity contribution in [3.05, 3.63) is 34.2 Å². The molecule has 0 saturated heterocycles. The van der Waals surface area contributed by atoms with Crippen LogP contribution in [-0.4, -0.2) is 17.9 Å². The molecule has 1 heterocycles. The molecule has 5 nitrogen and oxygen atoms in total. The van der Waals surface area contributed by atoms with Crippen molar-refractivity contribution in [2.24, 2.45) is 0 Å². The molecular formula is C14H18N4OS. The maximum absolute atomic E-state index is 12.3. The summed E-state index contributed by atoms with van der Waals surface area (Å²) >= 11 is 1.25. The molecule has 0 aliphatic carbocycles. The number of aryl methyl sites for hydroxylation is 2. The van der Waals surface area contributed by atoms with Crippen molar-refractivity contribution in [1.29, 1.82) is 0 Å². The number of nitrogens with zero attached hydrogens (tertiary/aromatic N) is 1. The third kappa shape index (κ3) is 2.75. The summed E-state index contributed by atoms with van der Waals surface area (Å²) < 4.78 is 0. The van der Waals surface area contributed by atoms with Gasteiger partial charge in [-0.3, -0.25) is 4.79 Å². The summed E-state index contributed by atoms with van der Waals surface area (Å²) in [5, 5.41) is 6.47. The summed E-state index contributed by atoms with van der Waals surface area (Å²) in [5.41, 5.74) is 8.78. The first-order valence-electron chi connectivity index (χ1n) is 6.40. The largest absolute Gasteiger partial charge is 0.382 e. The Labute approximate surface area is 122 Å². The Morgan fingerprint density at radius 3 is 2.80 bits per heavy atom. The Morgan fingerprint density at radius 2 is 2.20 bits per heavy atom. The number of amides is 1. The highest BCUT2D eigenvalue weighted by atomic mass is 32.1. The van der Waals surface area contributed by atoms with Crippen LogP contribution in [0.5, 0.6) is 0 Å². The molecular weight excluding hydrogens is 272 g/mol. The predicted molar refractivity (Wildman–Crippen MR) is 84.6 cm³/mol. The number of nitrogen functional groups attached to an aromatic ring is 1. The maximum Gasteiger partial charge on any atom is 0.269 e. The highest BCUT2D eigenvalue weighted by molar-refractivity contribution is 7.18. The molecule has 1 aromatic carbocycles. The van der Waals surface area contributed by atoms with Crippen molar-refractivity contribution in [3.8, 4) is 0 Å². The van der Waals surface area contributed by atoms with Gasteiger partial charge in [0, 0.05) is 12.7 Å². The highest BCUT2D eigenvalue weighted by Crippen LogP contribution is 2.27. The standard InChI is InChI=1S/C14H18N4OS/c1-4-9-7-5-6-8(2)10(9)17-13(19)11-12(15)18-14(16-3)20-11/h5-7H,4,15H2,1-3H3,(H,16,18)(H,17,19). The lowest BCUT2D eigenvalue weighted by Crippen LogP contribution is -2.14. The second-order valence-corrected chi connectivity index (χ2v) is 5.40. The molecule has 0 saturated carbocycles. The summed E-state index contributed by atoms with van der Waals surface area (Å²) in [6.07, 6.45) is 0.858. The number of nitrogens with two attached hydrogens (primary N) is 1. The minimum Gasteiger partial charge on any atom is -0.382 e. The van der Waals surface area contributed by atoms with E-state index in [1.807, 2.05) is 25.1 Å². The Kier molecular flexibility index (Phi) is 4.24. The fourth-order valence-corrected chi connectivity index (χ4v) is 2.71. The molecule has 6 heteroatoms. The van der Waals surface area contributed by atoms with Crippen LogP contribution < -0.4 is 16.4 Å². The zero-order chi connectivity index (χ0) is 14.7. The molecule has 106 valence electrons. The molecule has 20 heavy (non-hydrogen) atoms. The van der Waals surface area contributed by atoms with Gasteiger partial charge in [0.2, 0.25) is 0 Å². The van der Waals surface area contributed by atoms with Gasteiger partial charge in [0.1, 0.15) is 10.7 Å². The average molecular weight is 290 g/mol. The molecule has 2 rings (SSSR count). The normalized spacial score (nSPS) is 10.3. The molecule has 1 amide bonds. The predicted octanol–water partition coefficient (Wildman–Crippen LogP) is 2.89. The van der Waals surface area contributed by atoms with Crippen LogP contribution in [-0.2, 0) is 6.42 Å². The van der Waals surface area contributed by atoms with Crippen molar-refractivity contribution in [1.82, 2.24) is 4.98 Å². The average Bonchev–Trinajstić information content (AvgIpc) is 2.82. The monoisotopic (exact) mass is 290 g/mol. The summed E-state index contributed by atoms with van der Waals surface area (Å²) in [7, 11) is 1.75. The van der Waals surface area contributed by atoms with Crippen LogP contribution in [0.3, 0.4) is 0 Å². The lowest BCUT2D eigenvalue weighted by atomic mass is 10.1. The van der Waals surface area contributed by atoms with Gasteiger partial charge in [0.15, 0.2) is 5.13 Å². The van der Waals surface area contributed by atoms with Crippen molar-refractivity contribution in [2.45, 2.75) is 20.3 Å². The van der Waals surface area contributed by atoms with E-state index in [1.54, 1.807) is 7.05 Å². The van der Waals surface area contributed by atoms with Gasteiger partial charge in [-0.15, -0.1) is 0 Å². The van der Waals surface area contributed by atoms with Gasteiger partial charge >= 0.3 is 0 Å². The molecule has 0 radical (unpaired) electrons. The lowest BCUT2D eigenvalue weighted by molar-refractivity contribution is 0.103. The van der Waals surface area contributed by atoms with Gasteiger partial charge in [-0.25, -0.2) is 4.98 Å². The molecule has 0 bridgehead atoms. The zero-order valence-electron chi connectivity index (χ0n) is 11.8. The van der Waals surface area contributed by atoms with Gasteiger partial charge in [-0.1, -0.05) is 36.5 Å². The topological polar surface area (TPSA) is 80.0 Å². The van der Waals surface area contributed by atoms with Crippen LogP contribution in [0.4, 0.5) is 16.6 Å². The van der Waals surface area contributed by atoms with Gasteiger partial charge in [-0.2, -0.15) is 0 Å². The first-order valence-corrected chi connectivity index (χ1v) is 7.22. The summed E-state index contributed by atoms with van der Waals surface area (Å²) in [6, 6.07) is 5.98. The van der Waals surface area contributed by atoms with Crippen molar-refractivity contribution in [3.63, 3.8) is 0 Å². The molecule has 1 aromatic heterocycles. The third-order valence-electron chi connectivity index (χ3n) is 3.05. The van der Waals surface area contributed by atoms with Crippen LogP contribution in [0.2, 0.25) is 0 Å². The number of rotatable bonds is 4. The fourth-order valence-electron chi connectivity index (χ4n) is 1.97. The molecule has 0 spiro atoms. The van der Waals surface area contributed by atoms with E-state index in [0.717, 1.165) is 23.2 Å². The van der Waals surface area contributed by atoms with E-state index in [-0.39, 0.29) is 11.7 Å². The number of thiazole rings is 1. The van der Waals surface area contributed by atoms with Crippen LogP contribution in [0, 0.1) is 6.92 Å². The fraction of sp³-hybridized carbons (Fsp3) is 0.286. The van der Waals surface area contributed by atoms with E-state index in [9.17, 15) is 4.79 Å². The van der Waals surface area contributed by atoms with Crippen LogP contribution >= 0.6 is 11.3 Å². The van der Waals surface area contributed by atoms with Crippen LogP contribution in [0.15, 0.2) is 18.2 Å². The minimum atomic E-state index is -0.217. The van der Waals surface area contributed by atoms with E-state index < -0.39 is 0 Å². The third-order valence-corrected chi connectivity index (χ3v) is 4.14. The van der Waals surface area contributed by atoms with Crippen molar-refractivity contribution in [2.75, 3.05) is 23.4 Å². The molecule has 0 aliphatic rings. The van der Waals surface area contributed by atoms with Gasteiger partial charge < -0.3 is 16.4 Å². The number of benzene rings is 1. The minimum absolute atomic E-state index is 0.217. The van der Waals surface area contributed by atoms with Crippen LogP contribution in [0.25, 0.3) is 0 Å². The number of aromatic nitrogens is 1. The Morgan fingerprint density at radius 1 is 1.45 bits per heavy atom. The Bertz CT molecular complexity index is 636. The van der Waals surface area contributed by atoms with Gasteiger partial charge in [0.05, 0.1) is 0 Å². The maximum atomic E-state index is 12.3. The first-order chi connectivity index (χ1) is 9.56. The van der Waals surface area contributed by atoms with E-state index in [1.165, 1.54) is 11.3 Å². The molecule has 2 aromatic rings.